The Morgan fingerprint density at radius 2 is 1.43 bits per heavy atom. The number of nitrogens with zero attached hydrogens (tertiary/aromatic N) is 4. The number of aromatic nitrogens is 4. The lowest BCUT2D eigenvalue weighted by molar-refractivity contribution is -0.0411. The van der Waals surface area contributed by atoms with Gasteiger partial charge in [0.25, 0.3) is 0 Å². The van der Waals surface area contributed by atoms with Crippen LogP contribution in [0.3, 0.4) is 0 Å². The van der Waals surface area contributed by atoms with Crippen molar-refractivity contribution < 1.29 is 18.3 Å². The van der Waals surface area contributed by atoms with Gasteiger partial charge in [-0.25, -0.2) is 9.59 Å². The van der Waals surface area contributed by atoms with Crippen molar-refractivity contribution in [1.82, 2.24) is 19.1 Å². The molecule has 14 heteroatoms. The molecule has 2 aromatic heterocycles. The lowest BCUT2D eigenvalue weighted by atomic mass is 10.0. The van der Waals surface area contributed by atoms with E-state index in [9.17, 15) is 9.59 Å². The summed E-state index contributed by atoms with van der Waals surface area (Å²) in [6, 6.07) is 3.41. The van der Waals surface area contributed by atoms with Crippen LogP contribution in [0.25, 0.3) is 0 Å². The van der Waals surface area contributed by atoms with Gasteiger partial charge in [0.15, 0.2) is 16.6 Å². The lowest BCUT2D eigenvalue weighted by Gasteiger charge is -2.40. The second-order valence-electron chi connectivity index (χ2n) is 15.9. The van der Waals surface area contributed by atoms with Crippen molar-refractivity contribution in [3.63, 3.8) is 0 Å². The Morgan fingerprint density at radius 3 is 1.91 bits per heavy atom. The molecule has 0 aliphatic carbocycles. The summed E-state index contributed by atoms with van der Waals surface area (Å²) < 4.78 is 28.5. The van der Waals surface area contributed by atoms with Gasteiger partial charge < -0.3 is 29.4 Å². The van der Waals surface area contributed by atoms with Gasteiger partial charge >= 0.3 is 11.4 Å². The van der Waals surface area contributed by atoms with E-state index in [1.807, 2.05) is 0 Å². The van der Waals surface area contributed by atoms with E-state index in [2.05, 4.69) is 96.9 Å². The molecule has 2 aromatic rings. The summed E-state index contributed by atoms with van der Waals surface area (Å²) in [5.74, 6) is 1.28. The normalized spacial score (nSPS) is 25.4. The minimum Gasteiger partial charge on any atom is -0.414 e. The van der Waals surface area contributed by atoms with Crippen molar-refractivity contribution in [2.45, 2.75) is 142 Å². The molecule has 0 radical (unpaired) electrons. The van der Waals surface area contributed by atoms with Gasteiger partial charge in [-0.1, -0.05) is 55.4 Å². The number of nitrogen functional groups attached to an aromatic ring is 1. The fraction of sp³-hybridized carbons (Fsp3) is 0.758. The Balaban J connectivity index is 0.000000297. The molecule has 2 fully saturated rings. The van der Waals surface area contributed by atoms with Crippen LogP contribution in [0.15, 0.2) is 34.1 Å². The van der Waals surface area contributed by atoms with Gasteiger partial charge in [-0.05, 0) is 67.2 Å². The Bertz CT molecular complexity index is 1450. The predicted molar refractivity (Wildman–Crippen MR) is 193 cm³/mol. The topological polar surface area (TPSA) is 145 Å². The fourth-order valence-electron chi connectivity index (χ4n) is 5.16. The predicted octanol–water partition coefficient (Wildman–Crippen LogP) is 6.14. The van der Waals surface area contributed by atoms with Crippen molar-refractivity contribution in [3.05, 3.63) is 45.5 Å². The van der Waals surface area contributed by atoms with E-state index in [0.717, 1.165) is 12.8 Å². The number of hydrogen-bond donors (Lipinski definition) is 2. The van der Waals surface area contributed by atoms with Gasteiger partial charge in [-0.3, -0.25) is 9.13 Å². The number of hydrogen-bond acceptors (Lipinski definition) is 10. The third-order valence-electron chi connectivity index (χ3n) is 10.3. The Morgan fingerprint density at radius 1 is 0.894 bits per heavy atom. The van der Waals surface area contributed by atoms with Crippen molar-refractivity contribution in [2.24, 2.45) is 5.92 Å². The molecule has 0 unspecified atom stereocenters. The summed E-state index contributed by atoms with van der Waals surface area (Å²) in [5, 5.41) is 3.04. The van der Waals surface area contributed by atoms with Crippen molar-refractivity contribution in [2.75, 3.05) is 24.7 Å². The van der Waals surface area contributed by atoms with Crippen LogP contribution in [0.1, 0.15) is 87.1 Å². The number of nitrogens with two attached hydrogens (primary N) is 1. The maximum Gasteiger partial charge on any atom is 0.351 e. The zero-order valence-corrected chi connectivity index (χ0v) is 32.9. The highest BCUT2D eigenvalue weighted by molar-refractivity contribution is 6.74. The van der Waals surface area contributed by atoms with Crippen LogP contribution < -0.4 is 22.4 Å². The quantitative estimate of drug-likeness (QED) is 0.294. The molecule has 0 bridgehead atoms. The highest BCUT2D eigenvalue weighted by Gasteiger charge is 2.46. The summed E-state index contributed by atoms with van der Waals surface area (Å²) >= 11 is 0. The van der Waals surface area contributed by atoms with E-state index in [0.29, 0.717) is 24.8 Å². The average molecular weight is 693 g/mol. The second-order valence-corrected chi connectivity index (χ2v) is 25.5. The highest BCUT2D eigenvalue weighted by atomic mass is 28.4. The minimum atomic E-state index is -2.02. The maximum absolute atomic E-state index is 12.4. The van der Waals surface area contributed by atoms with Crippen LogP contribution in [0.4, 0.5) is 11.6 Å². The summed E-state index contributed by atoms with van der Waals surface area (Å²) in [6.07, 6.45) is 5.11. The number of rotatable bonds is 9. The minimum absolute atomic E-state index is 0.0789. The van der Waals surface area contributed by atoms with E-state index in [-0.39, 0.29) is 46.1 Å². The Labute approximate surface area is 283 Å². The number of ether oxygens (including phenoxy) is 2. The SMILES string of the molecule is CC(C)(C)[Si](C)(C)OC[C@H]1O[C@@H](n2ccc(N)nc2=O)C[C@H]1O[Si](C)(C)C(C)(C)C.CC[C@H]1O[C@@H](n2ccc(NC)nc2=O)C[C@H]1C. The molecule has 4 rings (SSSR count). The zero-order valence-electron chi connectivity index (χ0n) is 30.9. The molecule has 0 amide bonds. The number of anilines is 2. The largest absolute Gasteiger partial charge is 0.414 e. The molecule has 47 heavy (non-hydrogen) atoms. The summed E-state index contributed by atoms with van der Waals surface area (Å²) in [5.41, 5.74) is 4.98. The third-order valence-corrected chi connectivity index (χ3v) is 19.4. The lowest BCUT2D eigenvalue weighted by Crippen LogP contribution is -2.48. The van der Waals surface area contributed by atoms with Gasteiger partial charge in [0.2, 0.25) is 0 Å². The third kappa shape index (κ3) is 9.63. The molecule has 2 saturated heterocycles. The smallest absolute Gasteiger partial charge is 0.351 e. The molecule has 0 saturated carbocycles. The molecule has 2 aliphatic heterocycles. The van der Waals surface area contributed by atoms with Crippen LogP contribution in [0, 0.1) is 5.92 Å². The van der Waals surface area contributed by atoms with Crippen molar-refractivity contribution in [3.8, 4) is 0 Å². The Hall–Kier alpha value is -2.37. The first-order valence-corrected chi connectivity index (χ1v) is 22.7. The first-order valence-electron chi connectivity index (χ1n) is 16.8. The van der Waals surface area contributed by atoms with Gasteiger partial charge in [0, 0.05) is 25.9 Å². The molecular formula is C33H60N6O6Si2. The molecule has 12 nitrogen and oxygen atoms in total. The van der Waals surface area contributed by atoms with E-state index in [1.165, 1.54) is 4.57 Å². The molecule has 0 aromatic carbocycles. The van der Waals surface area contributed by atoms with Gasteiger partial charge in [0.05, 0.1) is 18.8 Å². The summed E-state index contributed by atoms with van der Waals surface area (Å²) in [7, 11) is -2.22. The van der Waals surface area contributed by atoms with Crippen LogP contribution in [0.2, 0.25) is 36.3 Å². The molecule has 266 valence electrons. The summed E-state index contributed by atoms with van der Waals surface area (Å²) in [4.78, 5) is 32.0. The van der Waals surface area contributed by atoms with Crippen LogP contribution in [0.5, 0.6) is 0 Å². The molecule has 3 N–H and O–H groups in total. The average Bonchev–Trinajstić information content (AvgIpc) is 3.52. The highest BCUT2D eigenvalue weighted by Crippen LogP contribution is 2.42. The first-order chi connectivity index (χ1) is 21.6. The fourth-order valence-corrected chi connectivity index (χ4v) is 7.53. The summed E-state index contributed by atoms with van der Waals surface area (Å²) in [6.45, 7) is 27.0. The molecule has 0 spiro atoms. The van der Waals surface area contributed by atoms with Gasteiger partial charge in [-0.2, -0.15) is 9.97 Å². The monoisotopic (exact) mass is 692 g/mol. The van der Waals surface area contributed by atoms with E-state index in [1.54, 1.807) is 36.1 Å². The Kier molecular flexibility index (Phi) is 12.5. The first kappa shape index (κ1) is 39.1. The molecular weight excluding hydrogens is 633 g/mol. The van der Waals surface area contributed by atoms with Crippen molar-refractivity contribution >= 4 is 28.3 Å². The molecule has 2 aliphatic rings. The van der Waals surface area contributed by atoms with E-state index in [4.69, 9.17) is 24.1 Å². The standard InChI is InChI=1S/C21H41N3O4Si2.C12H19N3O2/c1-20(2,3)29(7,8)26-14-16-15(28-30(9,10)21(4,5)6)13-18(27-16)24-12-11-17(22)23-19(24)25;1-4-9-8(2)7-11(17-9)15-6-5-10(13-3)14-12(15)16/h11-12,15-16,18H,13-14H2,1-10H3,(H2,22,23,25);5-6,8-9,11H,4,7H2,1-3H3,(H,13,14,16)/t15-,16-,18-;8-,9-,11-/m11/s1. The van der Waals surface area contributed by atoms with Crippen LogP contribution >= 0.6 is 0 Å². The van der Waals surface area contributed by atoms with Crippen LogP contribution in [-0.4, -0.2) is 67.7 Å². The molecule has 4 heterocycles. The zero-order chi connectivity index (χ0) is 35.5. The van der Waals surface area contributed by atoms with E-state index < -0.39 is 28.6 Å². The maximum atomic E-state index is 12.4. The van der Waals surface area contributed by atoms with Crippen molar-refractivity contribution in [1.29, 1.82) is 0 Å². The van der Waals surface area contributed by atoms with Gasteiger partial charge in [-0.15, -0.1) is 0 Å². The number of nitrogens with one attached hydrogen (secondary N) is 1. The molecule has 6 atom stereocenters. The second kappa shape index (κ2) is 15.0. The van der Waals surface area contributed by atoms with Crippen LogP contribution in [-0.2, 0) is 18.3 Å². The van der Waals surface area contributed by atoms with Gasteiger partial charge in [0.1, 0.15) is 30.2 Å². The van der Waals surface area contributed by atoms with E-state index >= 15 is 0 Å².